The van der Waals surface area contributed by atoms with Crippen LogP contribution in [0, 0.1) is 0 Å². The fraction of sp³-hybridized carbons (Fsp3) is 0.588. The summed E-state index contributed by atoms with van der Waals surface area (Å²) in [5, 5.41) is 8.36. The number of aryl methyl sites for hydroxylation is 1. The Morgan fingerprint density at radius 2 is 1.67 bits per heavy atom. The fourth-order valence-electron chi connectivity index (χ4n) is 2.45. The van der Waals surface area contributed by atoms with Crippen LogP contribution >= 0.6 is 0 Å². The van der Waals surface area contributed by atoms with Crippen molar-refractivity contribution in [3.63, 3.8) is 0 Å². The second kappa shape index (κ2) is 9.27. The second-order valence-corrected chi connectivity index (χ2v) is 5.56. The van der Waals surface area contributed by atoms with Crippen molar-refractivity contribution < 1.29 is 0 Å². The van der Waals surface area contributed by atoms with Crippen molar-refractivity contribution in [1.29, 1.82) is 0 Å². The van der Waals surface area contributed by atoms with Crippen molar-refractivity contribution in [3.05, 3.63) is 30.6 Å². The number of hydrogen-bond acceptors (Lipinski definition) is 3. The molecular weight excluding hydrogens is 260 g/mol. The van der Waals surface area contributed by atoms with Crippen LogP contribution in [0.4, 0.5) is 0 Å². The summed E-state index contributed by atoms with van der Waals surface area (Å²) in [4.78, 5) is 4.29. The number of aromatic nitrogens is 4. The molecule has 114 valence electrons. The maximum atomic E-state index is 4.29. The quantitative estimate of drug-likeness (QED) is 0.605. The van der Waals surface area contributed by atoms with Gasteiger partial charge in [-0.15, -0.1) is 5.10 Å². The third kappa shape index (κ3) is 5.66. The summed E-state index contributed by atoms with van der Waals surface area (Å²) in [6.45, 7) is 3.21. The zero-order valence-corrected chi connectivity index (χ0v) is 13.0. The van der Waals surface area contributed by atoms with E-state index in [9.17, 15) is 0 Å². The van der Waals surface area contributed by atoms with Crippen LogP contribution in [0.5, 0.6) is 0 Å². The van der Waals surface area contributed by atoms with Crippen molar-refractivity contribution in [2.75, 3.05) is 0 Å². The van der Waals surface area contributed by atoms with Crippen LogP contribution in [0.15, 0.2) is 30.6 Å². The van der Waals surface area contributed by atoms with E-state index in [-0.39, 0.29) is 0 Å². The SMILES string of the molecule is CCCCCCCCCCn1cc(-c2ccccn2)nn1. The topological polar surface area (TPSA) is 43.6 Å². The van der Waals surface area contributed by atoms with Gasteiger partial charge in [-0.1, -0.05) is 63.1 Å². The number of unbranched alkanes of at least 4 members (excludes halogenated alkanes) is 7. The first-order valence-electron chi connectivity index (χ1n) is 8.21. The number of rotatable bonds is 10. The molecule has 4 nitrogen and oxygen atoms in total. The van der Waals surface area contributed by atoms with E-state index in [0.29, 0.717) is 0 Å². The van der Waals surface area contributed by atoms with Crippen LogP contribution in [0.1, 0.15) is 58.3 Å². The molecule has 0 saturated heterocycles. The Hall–Kier alpha value is -1.71. The number of hydrogen-bond donors (Lipinski definition) is 0. The molecule has 0 bridgehead atoms. The molecule has 0 amide bonds. The Bertz CT molecular complexity index is 493. The molecule has 0 aliphatic carbocycles. The van der Waals surface area contributed by atoms with Crippen LogP contribution < -0.4 is 0 Å². The molecule has 4 heteroatoms. The zero-order valence-electron chi connectivity index (χ0n) is 13.0. The molecule has 2 rings (SSSR count). The van der Waals surface area contributed by atoms with Crippen LogP contribution in [0.2, 0.25) is 0 Å². The van der Waals surface area contributed by atoms with Gasteiger partial charge in [0, 0.05) is 12.7 Å². The number of nitrogens with zero attached hydrogens (tertiary/aromatic N) is 4. The minimum absolute atomic E-state index is 0.857. The standard InChI is InChI=1S/C17H26N4/c1-2-3-4-5-6-7-8-11-14-21-15-17(19-20-21)16-12-9-10-13-18-16/h9-10,12-13,15H,2-8,11,14H2,1H3. The first-order valence-corrected chi connectivity index (χ1v) is 8.21. The molecule has 0 fully saturated rings. The molecular formula is C17H26N4. The molecule has 0 aromatic carbocycles. The summed E-state index contributed by atoms with van der Waals surface area (Å²) in [5.74, 6) is 0. The van der Waals surface area contributed by atoms with Crippen molar-refractivity contribution in [3.8, 4) is 11.4 Å². The maximum Gasteiger partial charge on any atom is 0.131 e. The Labute approximate surface area is 127 Å². The molecule has 0 spiro atoms. The molecule has 2 heterocycles. The Kier molecular flexibility index (Phi) is 6.92. The maximum absolute atomic E-state index is 4.29. The van der Waals surface area contributed by atoms with Gasteiger partial charge in [0.2, 0.25) is 0 Å². The summed E-state index contributed by atoms with van der Waals surface area (Å²) in [7, 11) is 0. The third-order valence-corrected chi connectivity index (χ3v) is 3.71. The minimum atomic E-state index is 0.857. The highest BCUT2D eigenvalue weighted by molar-refractivity contribution is 5.51. The normalized spacial score (nSPS) is 10.9. The monoisotopic (exact) mass is 286 g/mol. The summed E-state index contributed by atoms with van der Waals surface area (Å²) in [5.41, 5.74) is 1.75. The average molecular weight is 286 g/mol. The highest BCUT2D eigenvalue weighted by atomic mass is 15.4. The van der Waals surface area contributed by atoms with E-state index in [1.165, 1.54) is 51.4 Å². The van der Waals surface area contributed by atoms with Gasteiger partial charge in [0.25, 0.3) is 0 Å². The molecule has 0 saturated carbocycles. The van der Waals surface area contributed by atoms with Crippen molar-refractivity contribution in [2.24, 2.45) is 0 Å². The van der Waals surface area contributed by atoms with Gasteiger partial charge in [-0.3, -0.25) is 9.67 Å². The first kappa shape index (κ1) is 15.7. The summed E-state index contributed by atoms with van der Waals surface area (Å²) in [6, 6.07) is 5.85. The van der Waals surface area contributed by atoms with Gasteiger partial charge >= 0.3 is 0 Å². The molecule has 0 radical (unpaired) electrons. The lowest BCUT2D eigenvalue weighted by Gasteiger charge is -2.01. The van der Waals surface area contributed by atoms with Gasteiger partial charge < -0.3 is 0 Å². The van der Waals surface area contributed by atoms with E-state index < -0.39 is 0 Å². The van der Waals surface area contributed by atoms with Crippen LogP contribution in [-0.4, -0.2) is 20.0 Å². The molecule has 21 heavy (non-hydrogen) atoms. The van der Waals surface area contributed by atoms with E-state index >= 15 is 0 Å². The van der Waals surface area contributed by atoms with Crippen molar-refractivity contribution in [1.82, 2.24) is 20.0 Å². The van der Waals surface area contributed by atoms with E-state index in [1.807, 2.05) is 29.1 Å². The highest BCUT2D eigenvalue weighted by Gasteiger charge is 2.03. The summed E-state index contributed by atoms with van der Waals surface area (Å²) < 4.78 is 1.93. The van der Waals surface area contributed by atoms with Crippen LogP contribution in [0.3, 0.4) is 0 Å². The Morgan fingerprint density at radius 1 is 0.905 bits per heavy atom. The lowest BCUT2D eigenvalue weighted by molar-refractivity contribution is 0.511. The lowest BCUT2D eigenvalue weighted by Crippen LogP contribution is -1.98. The second-order valence-electron chi connectivity index (χ2n) is 5.56. The summed E-state index contributed by atoms with van der Waals surface area (Å²) >= 11 is 0. The largest absolute Gasteiger partial charge is 0.254 e. The minimum Gasteiger partial charge on any atom is -0.254 e. The van der Waals surface area contributed by atoms with Gasteiger partial charge in [-0.05, 0) is 18.6 Å². The van der Waals surface area contributed by atoms with Gasteiger partial charge in [0.1, 0.15) is 5.69 Å². The van der Waals surface area contributed by atoms with Crippen LogP contribution in [-0.2, 0) is 6.54 Å². The van der Waals surface area contributed by atoms with Crippen molar-refractivity contribution in [2.45, 2.75) is 64.8 Å². The van der Waals surface area contributed by atoms with E-state index in [4.69, 9.17) is 0 Å². The zero-order chi connectivity index (χ0) is 14.8. The third-order valence-electron chi connectivity index (χ3n) is 3.71. The van der Waals surface area contributed by atoms with Gasteiger partial charge in [0.15, 0.2) is 0 Å². The summed E-state index contributed by atoms with van der Waals surface area (Å²) in [6.07, 6.45) is 14.4. The van der Waals surface area contributed by atoms with E-state index in [1.54, 1.807) is 6.20 Å². The molecule has 0 atom stereocenters. The smallest absolute Gasteiger partial charge is 0.131 e. The van der Waals surface area contributed by atoms with Gasteiger partial charge in [-0.25, -0.2) is 0 Å². The molecule has 0 N–H and O–H groups in total. The Balaban J connectivity index is 1.63. The first-order chi connectivity index (χ1) is 10.4. The predicted molar refractivity (Wildman–Crippen MR) is 85.9 cm³/mol. The molecule has 0 aliphatic rings. The highest BCUT2D eigenvalue weighted by Crippen LogP contribution is 2.13. The lowest BCUT2D eigenvalue weighted by atomic mass is 10.1. The van der Waals surface area contributed by atoms with Gasteiger partial charge in [0.05, 0.1) is 11.9 Å². The Morgan fingerprint density at radius 3 is 2.38 bits per heavy atom. The van der Waals surface area contributed by atoms with Crippen molar-refractivity contribution >= 4 is 0 Å². The van der Waals surface area contributed by atoms with Crippen LogP contribution in [0.25, 0.3) is 11.4 Å². The van der Waals surface area contributed by atoms with Gasteiger partial charge in [-0.2, -0.15) is 0 Å². The molecule has 2 aromatic heterocycles. The van der Waals surface area contributed by atoms with E-state index in [2.05, 4.69) is 22.2 Å². The molecule has 0 unspecified atom stereocenters. The molecule has 2 aromatic rings. The average Bonchev–Trinajstić information content (AvgIpc) is 3.00. The van der Waals surface area contributed by atoms with E-state index in [0.717, 1.165) is 17.9 Å². The fourth-order valence-corrected chi connectivity index (χ4v) is 2.45. The molecule has 0 aliphatic heterocycles. The predicted octanol–water partition coefficient (Wildman–Crippen LogP) is 4.48. The number of pyridine rings is 1.